The number of hydrogen-bond donors (Lipinski definition) is 1. The third-order valence-electron chi connectivity index (χ3n) is 4.07. The van der Waals surface area contributed by atoms with E-state index in [9.17, 15) is 4.79 Å². The van der Waals surface area contributed by atoms with E-state index in [1.807, 2.05) is 60.7 Å². The monoisotopic (exact) mass is 359 g/mol. The normalized spacial score (nSPS) is 14.0. The molecule has 0 fully saturated rings. The van der Waals surface area contributed by atoms with Gasteiger partial charge in [-0.1, -0.05) is 84.4 Å². The topological polar surface area (TPSA) is 53.8 Å². The van der Waals surface area contributed by atoms with Gasteiger partial charge in [-0.3, -0.25) is 4.79 Å². The zero-order valence-electron chi connectivity index (χ0n) is 13.7. The quantitative estimate of drug-likeness (QED) is 0.542. The maximum Gasteiger partial charge on any atom is 0.276 e. The molecule has 0 spiro atoms. The van der Waals surface area contributed by atoms with Gasteiger partial charge in [0.1, 0.15) is 5.71 Å². The Labute approximate surface area is 155 Å². The minimum atomic E-state index is -0.308. The number of fused-ring (bicyclic) bond motifs is 1. The van der Waals surface area contributed by atoms with E-state index in [1.54, 1.807) is 18.2 Å². The summed E-state index contributed by atoms with van der Waals surface area (Å²) in [4.78, 5) is 12.3. The molecule has 0 saturated carbocycles. The lowest BCUT2D eigenvalue weighted by molar-refractivity contribution is -0.110. The van der Waals surface area contributed by atoms with Gasteiger partial charge in [-0.25, -0.2) is 0 Å². The summed E-state index contributed by atoms with van der Waals surface area (Å²) < 4.78 is 0. The molecule has 1 aliphatic rings. The highest BCUT2D eigenvalue weighted by molar-refractivity contribution is 6.55. The average molecular weight is 360 g/mol. The number of nitrogens with one attached hydrogen (secondary N) is 1. The minimum Gasteiger partial charge on any atom is -0.319 e. The Morgan fingerprint density at radius 2 is 1.42 bits per heavy atom. The number of para-hydroxylation sites is 1. The van der Waals surface area contributed by atoms with Crippen molar-refractivity contribution in [2.45, 2.75) is 0 Å². The second kappa shape index (κ2) is 6.94. The predicted molar refractivity (Wildman–Crippen MR) is 105 cm³/mol. The Morgan fingerprint density at radius 3 is 2.04 bits per heavy atom. The van der Waals surface area contributed by atoms with E-state index in [0.717, 1.165) is 11.1 Å². The first kappa shape index (κ1) is 16.2. The van der Waals surface area contributed by atoms with Gasteiger partial charge in [0.05, 0.1) is 10.7 Å². The van der Waals surface area contributed by atoms with Gasteiger partial charge in [-0.05, 0) is 6.07 Å². The van der Waals surface area contributed by atoms with Crippen molar-refractivity contribution < 1.29 is 4.79 Å². The molecule has 4 rings (SSSR count). The summed E-state index contributed by atoms with van der Waals surface area (Å²) in [5.41, 5.74) is 4.04. The van der Waals surface area contributed by atoms with Gasteiger partial charge in [0, 0.05) is 16.7 Å². The lowest BCUT2D eigenvalue weighted by Gasteiger charge is -2.05. The van der Waals surface area contributed by atoms with Crippen LogP contribution in [0, 0.1) is 0 Å². The molecule has 126 valence electrons. The largest absolute Gasteiger partial charge is 0.319 e. The van der Waals surface area contributed by atoms with Crippen molar-refractivity contribution in [2.75, 3.05) is 5.32 Å². The second-order valence-corrected chi connectivity index (χ2v) is 6.15. The molecule has 0 radical (unpaired) electrons. The second-order valence-electron chi connectivity index (χ2n) is 5.75. The van der Waals surface area contributed by atoms with Crippen molar-refractivity contribution >= 4 is 34.6 Å². The highest BCUT2D eigenvalue weighted by Crippen LogP contribution is 2.31. The first-order chi connectivity index (χ1) is 12.7. The summed E-state index contributed by atoms with van der Waals surface area (Å²) in [6.45, 7) is 0. The van der Waals surface area contributed by atoms with Crippen LogP contribution in [0.2, 0.25) is 5.02 Å². The molecule has 3 aromatic carbocycles. The van der Waals surface area contributed by atoms with E-state index in [-0.39, 0.29) is 11.6 Å². The number of benzene rings is 3. The number of halogens is 1. The summed E-state index contributed by atoms with van der Waals surface area (Å²) >= 11 is 6.15. The van der Waals surface area contributed by atoms with Gasteiger partial charge < -0.3 is 5.32 Å². The average Bonchev–Trinajstić information content (AvgIpc) is 3.01. The third kappa shape index (κ3) is 3.03. The van der Waals surface area contributed by atoms with E-state index in [0.29, 0.717) is 22.0 Å². The zero-order valence-corrected chi connectivity index (χ0v) is 14.4. The molecule has 1 aliphatic heterocycles. The highest BCUT2D eigenvalue weighted by atomic mass is 35.5. The smallest absolute Gasteiger partial charge is 0.276 e. The maximum absolute atomic E-state index is 12.3. The van der Waals surface area contributed by atoms with Crippen molar-refractivity contribution in [3.63, 3.8) is 0 Å². The molecule has 0 aromatic heterocycles. The fourth-order valence-electron chi connectivity index (χ4n) is 2.82. The Kier molecular flexibility index (Phi) is 4.33. The summed E-state index contributed by atoms with van der Waals surface area (Å²) in [5, 5.41) is 11.9. The Bertz CT molecular complexity index is 986. The Balaban J connectivity index is 1.83. The maximum atomic E-state index is 12.3. The molecule has 0 bridgehead atoms. The van der Waals surface area contributed by atoms with E-state index in [4.69, 9.17) is 11.6 Å². The van der Waals surface area contributed by atoms with Crippen LogP contribution in [0.5, 0.6) is 0 Å². The van der Waals surface area contributed by atoms with Crippen molar-refractivity contribution in [3.8, 4) is 0 Å². The standard InChI is InChI=1S/C21H14ClN3O/c22-17-13-7-12-16-19(17)23-21(26)20(16)25-24-18(14-8-3-1-4-9-14)15-10-5-2-6-11-15/h1-13H,(H,23,25,26). The number of nitrogens with zero attached hydrogens (tertiary/aromatic N) is 2. The minimum absolute atomic E-state index is 0.256. The lowest BCUT2D eigenvalue weighted by atomic mass is 10.0. The van der Waals surface area contributed by atoms with E-state index in [1.165, 1.54) is 0 Å². The lowest BCUT2D eigenvalue weighted by Crippen LogP contribution is -2.14. The molecule has 1 amide bonds. The van der Waals surface area contributed by atoms with Gasteiger partial charge in [0.25, 0.3) is 5.91 Å². The molecule has 4 nitrogen and oxygen atoms in total. The fourth-order valence-corrected chi connectivity index (χ4v) is 3.04. The number of carbonyl (C=O) groups is 1. The first-order valence-corrected chi connectivity index (χ1v) is 8.48. The SMILES string of the molecule is O=C1Nc2c(Cl)cccc2/C1=N\N=C(c1ccccc1)c1ccccc1. The van der Waals surface area contributed by atoms with Crippen molar-refractivity contribution in [1.82, 2.24) is 0 Å². The molecular formula is C21H14ClN3O. The highest BCUT2D eigenvalue weighted by Gasteiger charge is 2.27. The van der Waals surface area contributed by atoms with E-state index < -0.39 is 0 Å². The Morgan fingerprint density at radius 1 is 0.808 bits per heavy atom. The van der Waals surface area contributed by atoms with Crippen LogP contribution in [-0.2, 0) is 4.79 Å². The van der Waals surface area contributed by atoms with Crippen LogP contribution in [0.4, 0.5) is 5.69 Å². The Hall–Kier alpha value is -3.24. The number of anilines is 1. The zero-order chi connectivity index (χ0) is 17.9. The van der Waals surface area contributed by atoms with Crippen LogP contribution in [0.3, 0.4) is 0 Å². The number of carbonyl (C=O) groups excluding carboxylic acids is 1. The molecule has 26 heavy (non-hydrogen) atoms. The van der Waals surface area contributed by atoms with Gasteiger partial charge in [-0.2, -0.15) is 0 Å². The molecule has 1 N–H and O–H groups in total. The number of hydrogen-bond acceptors (Lipinski definition) is 3. The molecule has 1 heterocycles. The van der Waals surface area contributed by atoms with Crippen LogP contribution >= 0.6 is 11.6 Å². The van der Waals surface area contributed by atoms with Gasteiger partial charge in [0.2, 0.25) is 0 Å². The summed E-state index contributed by atoms with van der Waals surface area (Å²) in [5.74, 6) is -0.308. The van der Waals surface area contributed by atoms with Crippen LogP contribution < -0.4 is 5.32 Å². The van der Waals surface area contributed by atoms with Crippen molar-refractivity contribution in [1.29, 1.82) is 0 Å². The molecule has 0 unspecified atom stereocenters. The van der Waals surface area contributed by atoms with Crippen molar-refractivity contribution in [2.24, 2.45) is 10.2 Å². The fraction of sp³-hybridized carbons (Fsp3) is 0. The van der Waals surface area contributed by atoms with Crippen LogP contribution in [0.15, 0.2) is 89.1 Å². The predicted octanol–water partition coefficient (Wildman–Crippen LogP) is 4.53. The summed E-state index contributed by atoms with van der Waals surface area (Å²) in [7, 11) is 0. The van der Waals surface area contributed by atoms with E-state index >= 15 is 0 Å². The third-order valence-corrected chi connectivity index (χ3v) is 4.38. The van der Waals surface area contributed by atoms with Gasteiger partial charge >= 0.3 is 0 Å². The van der Waals surface area contributed by atoms with Crippen LogP contribution in [-0.4, -0.2) is 17.3 Å². The molecule has 0 aliphatic carbocycles. The van der Waals surface area contributed by atoms with Crippen LogP contribution in [0.1, 0.15) is 16.7 Å². The summed E-state index contributed by atoms with van der Waals surface area (Å²) in [6, 6.07) is 24.8. The molecular weight excluding hydrogens is 346 g/mol. The van der Waals surface area contributed by atoms with Crippen molar-refractivity contribution in [3.05, 3.63) is 101 Å². The van der Waals surface area contributed by atoms with Crippen LogP contribution in [0.25, 0.3) is 0 Å². The molecule has 3 aromatic rings. The first-order valence-electron chi connectivity index (χ1n) is 8.11. The summed E-state index contributed by atoms with van der Waals surface area (Å²) in [6.07, 6.45) is 0. The number of rotatable bonds is 3. The van der Waals surface area contributed by atoms with Gasteiger partial charge in [0.15, 0.2) is 5.71 Å². The van der Waals surface area contributed by atoms with E-state index in [2.05, 4.69) is 15.5 Å². The number of amides is 1. The molecule has 0 atom stereocenters. The molecule has 5 heteroatoms. The van der Waals surface area contributed by atoms with Gasteiger partial charge in [-0.15, -0.1) is 10.2 Å². The molecule has 0 saturated heterocycles.